The van der Waals surface area contributed by atoms with Crippen molar-refractivity contribution in [1.29, 1.82) is 0 Å². The van der Waals surface area contributed by atoms with E-state index in [1.807, 2.05) is 0 Å². The summed E-state index contributed by atoms with van der Waals surface area (Å²) in [5.74, 6) is 8.43. The molecule has 0 saturated heterocycles. The van der Waals surface area contributed by atoms with E-state index >= 15 is 0 Å². The first kappa shape index (κ1) is 9.89. The molecule has 2 bridgehead atoms. The standard InChI is InChI=1S/C12H20S2/c13-5-7-1-2-10-11-4-8(12(7)10)3-9(11)6-14/h7-14H,1-6H2. The van der Waals surface area contributed by atoms with Crippen LogP contribution in [0.5, 0.6) is 0 Å². The maximum absolute atomic E-state index is 4.52. The van der Waals surface area contributed by atoms with Gasteiger partial charge in [-0.15, -0.1) is 0 Å². The molecular weight excluding hydrogens is 208 g/mol. The van der Waals surface area contributed by atoms with E-state index in [4.69, 9.17) is 0 Å². The van der Waals surface area contributed by atoms with Gasteiger partial charge in [0.2, 0.25) is 0 Å². The minimum atomic E-state index is 0.958. The van der Waals surface area contributed by atoms with Gasteiger partial charge in [-0.1, -0.05) is 0 Å². The van der Waals surface area contributed by atoms with Gasteiger partial charge in [-0.25, -0.2) is 0 Å². The fourth-order valence-corrected chi connectivity index (χ4v) is 5.68. The van der Waals surface area contributed by atoms with E-state index in [0.717, 1.165) is 47.0 Å². The molecule has 0 aliphatic heterocycles. The van der Waals surface area contributed by atoms with Gasteiger partial charge in [0.1, 0.15) is 0 Å². The van der Waals surface area contributed by atoms with Crippen molar-refractivity contribution in [3.05, 3.63) is 0 Å². The van der Waals surface area contributed by atoms with Crippen molar-refractivity contribution >= 4 is 25.3 Å². The Bertz CT molecular complexity index is 226. The van der Waals surface area contributed by atoms with Gasteiger partial charge in [-0.05, 0) is 72.7 Å². The normalized spacial score (nSPS) is 55.3. The Balaban J connectivity index is 1.80. The molecule has 0 heterocycles. The Morgan fingerprint density at radius 3 is 2.36 bits per heavy atom. The van der Waals surface area contributed by atoms with Crippen LogP contribution in [0.3, 0.4) is 0 Å². The average Bonchev–Trinajstić information content (AvgIpc) is 2.87. The predicted octanol–water partition coefficient (Wildman–Crippen LogP) is 3.14. The molecule has 3 rings (SSSR count). The molecule has 3 aliphatic rings. The summed E-state index contributed by atoms with van der Waals surface area (Å²) >= 11 is 9.03. The zero-order valence-corrected chi connectivity index (χ0v) is 10.4. The highest BCUT2D eigenvalue weighted by molar-refractivity contribution is 7.80. The smallest absolute Gasteiger partial charge is 0.00666 e. The summed E-state index contributed by atoms with van der Waals surface area (Å²) in [7, 11) is 0. The van der Waals surface area contributed by atoms with Gasteiger partial charge in [-0.2, -0.15) is 25.3 Å². The van der Waals surface area contributed by atoms with Gasteiger partial charge in [0.15, 0.2) is 0 Å². The van der Waals surface area contributed by atoms with Crippen molar-refractivity contribution in [2.45, 2.75) is 25.7 Å². The molecular formula is C12H20S2. The molecule has 2 heteroatoms. The molecule has 0 radical (unpaired) electrons. The summed E-state index contributed by atoms with van der Waals surface area (Å²) in [6.07, 6.45) is 5.98. The molecule has 6 atom stereocenters. The summed E-state index contributed by atoms with van der Waals surface area (Å²) in [4.78, 5) is 0. The van der Waals surface area contributed by atoms with Crippen LogP contribution in [0.25, 0.3) is 0 Å². The molecule has 3 saturated carbocycles. The maximum atomic E-state index is 4.52. The van der Waals surface area contributed by atoms with Crippen LogP contribution in [0.2, 0.25) is 0 Å². The first-order chi connectivity index (χ1) is 6.85. The maximum Gasteiger partial charge on any atom is -0.00666 e. The number of thiol groups is 2. The monoisotopic (exact) mass is 228 g/mol. The summed E-state index contributed by atoms with van der Waals surface area (Å²) in [6.45, 7) is 0. The molecule has 0 aromatic rings. The fourth-order valence-electron chi connectivity index (χ4n) is 4.84. The Morgan fingerprint density at radius 2 is 1.64 bits per heavy atom. The molecule has 0 nitrogen and oxygen atoms in total. The van der Waals surface area contributed by atoms with Crippen LogP contribution in [0.1, 0.15) is 25.7 Å². The van der Waals surface area contributed by atoms with Crippen molar-refractivity contribution in [1.82, 2.24) is 0 Å². The lowest BCUT2D eigenvalue weighted by atomic mass is 9.74. The Kier molecular flexibility index (Phi) is 2.56. The summed E-state index contributed by atoms with van der Waals surface area (Å²) in [5, 5.41) is 0. The van der Waals surface area contributed by atoms with Gasteiger partial charge in [0.05, 0.1) is 0 Å². The SMILES string of the molecule is SCC1CC2CC1C1CCC(CS)C21. The third-order valence-corrected chi connectivity index (χ3v) is 6.20. The Morgan fingerprint density at radius 1 is 0.857 bits per heavy atom. The van der Waals surface area contributed by atoms with Crippen molar-refractivity contribution in [3.8, 4) is 0 Å². The summed E-state index contributed by atoms with van der Waals surface area (Å²) in [5.41, 5.74) is 0. The fraction of sp³-hybridized carbons (Fsp3) is 1.00. The van der Waals surface area contributed by atoms with E-state index < -0.39 is 0 Å². The van der Waals surface area contributed by atoms with E-state index in [2.05, 4.69) is 25.3 Å². The van der Waals surface area contributed by atoms with Crippen LogP contribution in [-0.2, 0) is 0 Å². The van der Waals surface area contributed by atoms with E-state index in [0.29, 0.717) is 0 Å². The molecule has 0 aromatic carbocycles. The van der Waals surface area contributed by atoms with E-state index in [-0.39, 0.29) is 0 Å². The average molecular weight is 228 g/mol. The van der Waals surface area contributed by atoms with Gasteiger partial charge in [0, 0.05) is 0 Å². The highest BCUT2D eigenvalue weighted by Crippen LogP contribution is 2.62. The van der Waals surface area contributed by atoms with Gasteiger partial charge in [0.25, 0.3) is 0 Å². The van der Waals surface area contributed by atoms with Crippen LogP contribution in [0, 0.1) is 35.5 Å². The molecule has 0 spiro atoms. The quantitative estimate of drug-likeness (QED) is 0.667. The van der Waals surface area contributed by atoms with Crippen LogP contribution >= 0.6 is 25.3 Å². The first-order valence-electron chi connectivity index (χ1n) is 6.07. The zero-order valence-electron chi connectivity index (χ0n) is 8.60. The second-order valence-corrected chi connectivity index (χ2v) is 6.33. The summed E-state index contributed by atoms with van der Waals surface area (Å²) in [6, 6.07) is 0. The second-order valence-electron chi connectivity index (χ2n) is 5.60. The lowest BCUT2D eigenvalue weighted by molar-refractivity contribution is 0.180. The van der Waals surface area contributed by atoms with Crippen LogP contribution in [-0.4, -0.2) is 11.5 Å². The third kappa shape index (κ3) is 1.22. The lowest BCUT2D eigenvalue weighted by Crippen LogP contribution is -2.28. The Labute approximate surface area is 98.0 Å². The molecule has 0 amide bonds. The number of hydrogen-bond acceptors (Lipinski definition) is 2. The Hall–Kier alpha value is 0.700. The second kappa shape index (κ2) is 3.62. The molecule has 14 heavy (non-hydrogen) atoms. The van der Waals surface area contributed by atoms with Crippen LogP contribution < -0.4 is 0 Å². The molecule has 0 aromatic heterocycles. The largest absolute Gasteiger partial charge is 0.179 e. The molecule has 0 N–H and O–H groups in total. The third-order valence-electron chi connectivity index (χ3n) is 5.26. The van der Waals surface area contributed by atoms with Crippen molar-refractivity contribution in [2.24, 2.45) is 35.5 Å². The lowest BCUT2D eigenvalue weighted by Gasteiger charge is -2.33. The molecule has 6 unspecified atom stereocenters. The highest BCUT2D eigenvalue weighted by atomic mass is 32.1. The van der Waals surface area contributed by atoms with E-state index in [1.54, 1.807) is 0 Å². The van der Waals surface area contributed by atoms with E-state index in [1.165, 1.54) is 25.7 Å². The van der Waals surface area contributed by atoms with Crippen molar-refractivity contribution in [3.63, 3.8) is 0 Å². The summed E-state index contributed by atoms with van der Waals surface area (Å²) < 4.78 is 0. The van der Waals surface area contributed by atoms with Gasteiger partial charge >= 0.3 is 0 Å². The van der Waals surface area contributed by atoms with E-state index in [9.17, 15) is 0 Å². The molecule has 3 aliphatic carbocycles. The number of hydrogen-bond donors (Lipinski definition) is 2. The highest BCUT2D eigenvalue weighted by Gasteiger charge is 2.55. The number of fused-ring (bicyclic) bond motifs is 5. The number of rotatable bonds is 2. The van der Waals surface area contributed by atoms with Gasteiger partial charge < -0.3 is 0 Å². The van der Waals surface area contributed by atoms with Crippen LogP contribution in [0.15, 0.2) is 0 Å². The van der Waals surface area contributed by atoms with Crippen molar-refractivity contribution in [2.75, 3.05) is 11.5 Å². The first-order valence-corrected chi connectivity index (χ1v) is 7.33. The molecule has 3 fully saturated rings. The molecule has 80 valence electrons. The predicted molar refractivity (Wildman–Crippen MR) is 67.1 cm³/mol. The van der Waals surface area contributed by atoms with Crippen LogP contribution in [0.4, 0.5) is 0 Å². The van der Waals surface area contributed by atoms with Crippen molar-refractivity contribution < 1.29 is 0 Å². The minimum Gasteiger partial charge on any atom is -0.179 e. The minimum absolute atomic E-state index is 0.958. The van der Waals surface area contributed by atoms with Gasteiger partial charge in [-0.3, -0.25) is 0 Å². The zero-order chi connectivity index (χ0) is 9.71. The topological polar surface area (TPSA) is 0 Å².